The van der Waals surface area contributed by atoms with Crippen molar-refractivity contribution >= 4 is 23.3 Å². The van der Waals surface area contributed by atoms with Crippen molar-refractivity contribution in [3.8, 4) is 0 Å². The molecule has 6 heteroatoms. The van der Waals surface area contributed by atoms with Crippen LogP contribution < -0.4 is 10.2 Å². The molecule has 112 valence electrons. The molecule has 2 aliphatic heterocycles. The molecule has 1 unspecified atom stereocenters. The van der Waals surface area contributed by atoms with Crippen LogP contribution in [0.25, 0.3) is 0 Å². The summed E-state index contributed by atoms with van der Waals surface area (Å²) in [6.45, 7) is 5.76. The number of aromatic nitrogens is 2. The Kier molecular flexibility index (Phi) is 3.61. The summed E-state index contributed by atoms with van der Waals surface area (Å²) in [4.78, 5) is 22.6. The van der Waals surface area contributed by atoms with E-state index in [0.717, 1.165) is 43.0 Å². The summed E-state index contributed by atoms with van der Waals surface area (Å²) in [5.41, 5.74) is 1.84. The van der Waals surface area contributed by atoms with Gasteiger partial charge in [-0.05, 0) is 31.6 Å². The molecule has 1 aromatic rings. The lowest BCUT2D eigenvalue weighted by atomic mass is 9.91. The maximum atomic E-state index is 11.6. The van der Waals surface area contributed by atoms with Crippen LogP contribution >= 0.6 is 0 Å². The minimum atomic E-state index is 0.0257. The number of rotatable bonds is 2. The lowest BCUT2D eigenvalue weighted by molar-refractivity contribution is -0.116. The Hall–Kier alpha value is -1.98. The predicted molar refractivity (Wildman–Crippen MR) is 82.0 cm³/mol. The zero-order valence-electron chi connectivity index (χ0n) is 12.5. The van der Waals surface area contributed by atoms with Crippen molar-refractivity contribution in [1.82, 2.24) is 9.97 Å². The first-order valence-corrected chi connectivity index (χ1v) is 7.51. The van der Waals surface area contributed by atoms with Crippen molar-refractivity contribution in [2.45, 2.75) is 39.0 Å². The van der Waals surface area contributed by atoms with Crippen LogP contribution in [0.3, 0.4) is 0 Å². The van der Waals surface area contributed by atoms with Gasteiger partial charge >= 0.3 is 0 Å². The van der Waals surface area contributed by atoms with Gasteiger partial charge in [0.2, 0.25) is 5.91 Å². The molecule has 2 aliphatic rings. The highest BCUT2D eigenvalue weighted by Crippen LogP contribution is 2.37. The van der Waals surface area contributed by atoms with Crippen molar-refractivity contribution < 1.29 is 4.79 Å². The minimum absolute atomic E-state index is 0.0257. The van der Waals surface area contributed by atoms with E-state index < -0.39 is 0 Å². The van der Waals surface area contributed by atoms with E-state index >= 15 is 0 Å². The van der Waals surface area contributed by atoms with Crippen LogP contribution in [0.1, 0.15) is 44.6 Å². The molecule has 0 spiro atoms. The molecule has 1 aromatic heterocycles. The van der Waals surface area contributed by atoms with E-state index in [-0.39, 0.29) is 11.8 Å². The second kappa shape index (κ2) is 5.42. The summed E-state index contributed by atoms with van der Waals surface area (Å²) in [6, 6.07) is 0. The van der Waals surface area contributed by atoms with Crippen molar-refractivity contribution in [2.24, 2.45) is 5.92 Å². The van der Waals surface area contributed by atoms with Crippen LogP contribution in [-0.4, -0.2) is 34.7 Å². The third-order valence-electron chi connectivity index (χ3n) is 4.51. The van der Waals surface area contributed by atoms with Gasteiger partial charge in [-0.1, -0.05) is 6.92 Å². The molecule has 0 aliphatic carbocycles. The minimum Gasteiger partial charge on any atom is -0.356 e. The molecule has 1 fully saturated rings. The number of anilines is 2. The number of nitrogens with zero attached hydrogens (tertiary/aromatic N) is 3. The second-order valence-corrected chi connectivity index (χ2v) is 6.06. The third kappa shape index (κ3) is 2.62. The van der Waals surface area contributed by atoms with E-state index in [0.29, 0.717) is 18.2 Å². The van der Waals surface area contributed by atoms with Gasteiger partial charge in [0.25, 0.3) is 0 Å². The van der Waals surface area contributed by atoms with Crippen LogP contribution in [-0.2, 0) is 4.79 Å². The van der Waals surface area contributed by atoms with E-state index in [1.54, 1.807) is 0 Å². The number of carbonyl (C=O) groups is 1. The molecule has 1 amide bonds. The Bertz CT molecular complexity index is 577. The SMILES string of the molecule is CC(=N)C1CCN(c2ncnc3c2C(C)CC(=O)N3)CC1. The summed E-state index contributed by atoms with van der Waals surface area (Å²) in [6.07, 6.45) is 4.01. The quantitative estimate of drug-likeness (QED) is 0.817. The molecule has 0 bridgehead atoms. The van der Waals surface area contributed by atoms with Gasteiger partial charge in [0.15, 0.2) is 0 Å². The fraction of sp³-hybridized carbons (Fsp3) is 0.600. The number of hydrogen-bond donors (Lipinski definition) is 2. The fourth-order valence-electron chi connectivity index (χ4n) is 3.28. The highest BCUT2D eigenvalue weighted by atomic mass is 16.1. The first-order chi connectivity index (χ1) is 10.1. The molecule has 21 heavy (non-hydrogen) atoms. The van der Waals surface area contributed by atoms with E-state index in [2.05, 4.69) is 27.1 Å². The Morgan fingerprint density at radius 1 is 1.38 bits per heavy atom. The van der Waals surface area contributed by atoms with Crippen molar-refractivity contribution in [3.63, 3.8) is 0 Å². The van der Waals surface area contributed by atoms with E-state index in [4.69, 9.17) is 5.41 Å². The van der Waals surface area contributed by atoms with Gasteiger partial charge in [-0.25, -0.2) is 9.97 Å². The number of amides is 1. The van der Waals surface area contributed by atoms with Crippen molar-refractivity contribution in [3.05, 3.63) is 11.9 Å². The Labute approximate surface area is 124 Å². The van der Waals surface area contributed by atoms with Crippen LogP contribution in [0.15, 0.2) is 6.33 Å². The molecule has 3 rings (SSSR count). The Balaban J connectivity index is 1.86. The summed E-state index contributed by atoms with van der Waals surface area (Å²) in [5, 5.41) is 10.6. The van der Waals surface area contributed by atoms with Gasteiger partial charge in [-0.3, -0.25) is 4.79 Å². The Morgan fingerprint density at radius 2 is 2.10 bits per heavy atom. The zero-order chi connectivity index (χ0) is 15.0. The van der Waals surface area contributed by atoms with Crippen LogP contribution in [0.5, 0.6) is 0 Å². The number of fused-ring (bicyclic) bond motifs is 1. The third-order valence-corrected chi connectivity index (χ3v) is 4.51. The van der Waals surface area contributed by atoms with E-state index in [1.165, 1.54) is 6.33 Å². The second-order valence-electron chi connectivity index (χ2n) is 6.06. The van der Waals surface area contributed by atoms with Gasteiger partial charge in [0.1, 0.15) is 18.0 Å². The summed E-state index contributed by atoms with van der Waals surface area (Å²) in [5.74, 6) is 2.18. The molecule has 1 atom stereocenters. The topological polar surface area (TPSA) is 82.0 Å². The molecular weight excluding hydrogens is 266 g/mol. The van der Waals surface area contributed by atoms with Crippen LogP contribution in [0, 0.1) is 11.3 Å². The molecule has 6 nitrogen and oxygen atoms in total. The predicted octanol–water partition coefficient (Wildman–Crippen LogP) is 2.18. The van der Waals surface area contributed by atoms with Crippen LogP contribution in [0.2, 0.25) is 0 Å². The smallest absolute Gasteiger partial charge is 0.226 e. The molecule has 2 N–H and O–H groups in total. The molecular formula is C15H21N5O. The fourth-order valence-corrected chi connectivity index (χ4v) is 3.28. The lowest BCUT2D eigenvalue weighted by Gasteiger charge is -2.35. The van der Waals surface area contributed by atoms with E-state index in [9.17, 15) is 4.79 Å². The number of carbonyl (C=O) groups excluding carboxylic acids is 1. The number of piperidine rings is 1. The normalized spacial score (nSPS) is 22.7. The van der Waals surface area contributed by atoms with Gasteiger partial charge in [0, 0.05) is 30.8 Å². The highest BCUT2D eigenvalue weighted by molar-refractivity contribution is 5.94. The molecule has 1 saturated heterocycles. The molecule has 0 saturated carbocycles. The maximum absolute atomic E-state index is 11.6. The largest absolute Gasteiger partial charge is 0.356 e. The lowest BCUT2D eigenvalue weighted by Crippen LogP contribution is -2.37. The first-order valence-electron chi connectivity index (χ1n) is 7.51. The highest BCUT2D eigenvalue weighted by Gasteiger charge is 2.30. The summed E-state index contributed by atoms with van der Waals surface area (Å²) < 4.78 is 0. The molecule has 0 aromatic carbocycles. The zero-order valence-corrected chi connectivity index (χ0v) is 12.5. The van der Waals surface area contributed by atoms with Gasteiger partial charge < -0.3 is 15.6 Å². The molecule has 0 radical (unpaired) electrons. The van der Waals surface area contributed by atoms with Crippen molar-refractivity contribution in [1.29, 1.82) is 5.41 Å². The summed E-state index contributed by atoms with van der Waals surface area (Å²) in [7, 11) is 0. The molecule has 3 heterocycles. The van der Waals surface area contributed by atoms with Crippen molar-refractivity contribution in [2.75, 3.05) is 23.3 Å². The van der Waals surface area contributed by atoms with Gasteiger partial charge in [-0.15, -0.1) is 0 Å². The monoisotopic (exact) mass is 287 g/mol. The number of hydrogen-bond acceptors (Lipinski definition) is 5. The van der Waals surface area contributed by atoms with E-state index in [1.807, 2.05) is 6.92 Å². The standard InChI is InChI=1S/C15H21N5O/c1-9-7-12(21)19-14-13(9)15(18-8-17-14)20-5-3-11(4-6-20)10(2)16/h8-9,11,16H,3-7H2,1-2H3,(H,17,18,19,21). The average Bonchev–Trinajstić information content (AvgIpc) is 2.46. The maximum Gasteiger partial charge on any atom is 0.226 e. The van der Waals surface area contributed by atoms with Gasteiger partial charge in [0.05, 0.1) is 0 Å². The van der Waals surface area contributed by atoms with Gasteiger partial charge in [-0.2, -0.15) is 0 Å². The first kappa shape index (κ1) is 14.0. The number of nitrogens with one attached hydrogen (secondary N) is 2. The average molecular weight is 287 g/mol. The summed E-state index contributed by atoms with van der Waals surface area (Å²) >= 11 is 0. The Morgan fingerprint density at radius 3 is 2.76 bits per heavy atom. The van der Waals surface area contributed by atoms with Crippen LogP contribution in [0.4, 0.5) is 11.6 Å².